The first-order valence-corrected chi connectivity index (χ1v) is 5.81. The van der Waals surface area contributed by atoms with Crippen molar-refractivity contribution in [1.29, 1.82) is 0 Å². The molecule has 0 saturated carbocycles. The molecule has 88 valence electrons. The molecule has 3 nitrogen and oxygen atoms in total. The molecule has 0 aliphatic heterocycles. The van der Waals surface area contributed by atoms with E-state index in [1.807, 2.05) is 44.2 Å². The lowest BCUT2D eigenvalue weighted by Gasteiger charge is -2.05. The third-order valence-corrected chi connectivity index (χ3v) is 2.46. The Kier molecular flexibility index (Phi) is 3.59. The quantitative estimate of drug-likeness (QED) is 0.780. The first kappa shape index (κ1) is 11.9. The smallest absolute Gasteiger partial charge is 0.223 e. The van der Waals surface area contributed by atoms with E-state index in [0.29, 0.717) is 6.61 Å². The maximum Gasteiger partial charge on any atom is 0.223 e. The van der Waals surface area contributed by atoms with Crippen LogP contribution in [0.5, 0.6) is 5.75 Å². The zero-order valence-electron chi connectivity index (χ0n) is 9.77. The number of aromatic nitrogens is 2. The predicted molar refractivity (Wildman–Crippen MR) is 68.4 cm³/mol. The van der Waals surface area contributed by atoms with E-state index < -0.39 is 0 Å². The molecule has 1 heterocycles. The summed E-state index contributed by atoms with van der Waals surface area (Å²) in [5.74, 6) is 0.855. The van der Waals surface area contributed by atoms with Gasteiger partial charge in [0.1, 0.15) is 5.75 Å². The van der Waals surface area contributed by atoms with Gasteiger partial charge in [-0.1, -0.05) is 0 Å². The van der Waals surface area contributed by atoms with Gasteiger partial charge < -0.3 is 4.74 Å². The SMILES string of the molecule is CCOc1ccc(-c2cc(C)nc(Cl)n2)cc1. The van der Waals surface area contributed by atoms with Crippen LogP contribution in [0.25, 0.3) is 11.3 Å². The number of hydrogen-bond donors (Lipinski definition) is 0. The summed E-state index contributed by atoms with van der Waals surface area (Å²) in [6.07, 6.45) is 0. The molecule has 0 aliphatic carbocycles. The molecule has 0 fully saturated rings. The van der Waals surface area contributed by atoms with Gasteiger partial charge in [-0.25, -0.2) is 9.97 Å². The zero-order valence-corrected chi connectivity index (χ0v) is 10.5. The van der Waals surface area contributed by atoms with Crippen molar-refractivity contribution in [2.45, 2.75) is 13.8 Å². The van der Waals surface area contributed by atoms with Crippen molar-refractivity contribution in [3.63, 3.8) is 0 Å². The molecule has 0 N–H and O–H groups in total. The Balaban J connectivity index is 2.32. The number of aryl methyl sites for hydroxylation is 1. The van der Waals surface area contributed by atoms with Crippen molar-refractivity contribution < 1.29 is 4.74 Å². The number of nitrogens with zero attached hydrogens (tertiary/aromatic N) is 2. The Labute approximate surface area is 105 Å². The molecular formula is C13H13ClN2O. The van der Waals surface area contributed by atoms with Crippen LogP contribution in [0.1, 0.15) is 12.6 Å². The first-order valence-electron chi connectivity index (χ1n) is 5.43. The highest BCUT2D eigenvalue weighted by Gasteiger charge is 2.03. The van der Waals surface area contributed by atoms with Crippen molar-refractivity contribution in [3.8, 4) is 17.0 Å². The Hall–Kier alpha value is -1.61. The lowest BCUT2D eigenvalue weighted by Crippen LogP contribution is -1.92. The van der Waals surface area contributed by atoms with E-state index in [4.69, 9.17) is 16.3 Å². The molecule has 17 heavy (non-hydrogen) atoms. The van der Waals surface area contributed by atoms with Crippen LogP contribution < -0.4 is 4.74 Å². The molecule has 0 amide bonds. The van der Waals surface area contributed by atoms with E-state index in [0.717, 1.165) is 22.7 Å². The van der Waals surface area contributed by atoms with Crippen LogP contribution in [0.2, 0.25) is 5.28 Å². The monoisotopic (exact) mass is 248 g/mol. The maximum absolute atomic E-state index is 5.83. The zero-order chi connectivity index (χ0) is 12.3. The Morgan fingerprint density at radius 1 is 1.18 bits per heavy atom. The fraction of sp³-hybridized carbons (Fsp3) is 0.231. The molecule has 0 bridgehead atoms. The molecule has 2 aromatic rings. The van der Waals surface area contributed by atoms with Crippen molar-refractivity contribution >= 4 is 11.6 Å². The van der Waals surface area contributed by atoms with Gasteiger partial charge in [0.2, 0.25) is 5.28 Å². The summed E-state index contributed by atoms with van der Waals surface area (Å²) in [4.78, 5) is 8.23. The highest BCUT2D eigenvalue weighted by atomic mass is 35.5. The summed E-state index contributed by atoms with van der Waals surface area (Å²) in [6, 6.07) is 9.67. The van der Waals surface area contributed by atoms with Crippen molar-refractivity contribution in [3.05, 3.63) is 41.3 Å². The van der Waals surface area contributed by atoms with Crippen LogP contribution in [-0.2, 0) is 0 Å². The third-order valence-electron chi connectivity index (χ3n) is 2.29. The summed E-state index contributed by atoms with van der Waals surface area (Å²) in [5.41, 5.74) is 2.68. The molecule has 0 atom stereocenters. The molecule has 0 spiro atoms. The van der Waals surface area contributed by atoms with Crippen molar-refractivity contribution in [2.75, 3.05) is 6.61 Å². The lowest BCUT2D eigenvalue weighted by atomic mass is 10.1. The second-order valence-corrected chi connectivity index (χ2v) is 3.96. The standard InChI is InChI=1S/C13H13ClN2O/c1-3-17-11-6-4-10(5-7-11)12-8-9(2)15-13(14)16-12/h4-8H,3H2,1-2H3. The Bertz CT molecular complexity index is 491. The highest BCUT2D eigenvalue weighted by molar-refractivity contribution is 6.28. The van der Waals surface area contributed by atoms with Crippen LogP contribution in [0.4, 0.5) is 0 Å². The fourth-order valence-electron chi connectivity index (χ4n) is 1.57. The number of hydrogen-bond acceptors (Lipinski definition) is 3. The van der Waals surface area contributed by atoms with E-state index in [9.17, 15) is 0 Å². The number of rotatable bonds is 3. The minimum atomic E-state index is 0.272. The van der Waals surface area contributed by atoms with Gasteiger partial charge in [-0.3, -0.25) is 0 Å². The van der Waals surface area contributed by atoms with Gasteiger partial charge in [-0.2, -0.15) is 0 Å². The minimum Gasteiger partial charge on any atom is -0.494 e. The second-order valence-electron chi connectivity index (χ2n) is 3.62. The summed E-state index contributed by atoms with van der Waals surface area (Å²) in [6.45, 7) is 4.52. The van der Waals surface area contributed by atoms with E-state index in [-0.39, 0.29) is 5.28 Å². The third kappa shape index (κ3) is 2.94. The van der Waals surface area contributed by atoms with E-state index in [1.54, 1.807) is 0 Å². The molecule has 0 unspecified atom stereocenters. The molecule has 4 heteroatoms. The Morgan fingerprint density at radius 2 is 1.88 bits per heavy atom. The molecule has 0 aliphatic rings. The number of halogens is 1. The van der Waals surface area contributed by atoms with Gasteiger partial charge in [0.05, 0.1) is 12.3 Å². The summed E-state index contributed by atoms with van der Waals surface area (Å²) < 4.78 is 5.39. The minimum absolute atomic E-state index is 0.272. The van der Waals surface area contributed by atoms with Crippen LogP contribution in [-0.4, -0.2) is 16.6 Å². The van der Waals surface area contributed by atoms with Gasteiger partial charge in [0.25, 0.3) is 0 Å². The lowest BCUT2D eigenvalue weighted by molar-refractivity contribution is 0.340. The molecule has 0 radical (unpaired) electrons. The van der Waals surface area contributed by atoms with Crippen molar-refractivity contribution in [2.24, 2.45) is 0 Å². The van der Waals surface area contributed by atoms with Crippen LogP contribution in [0.15, 0.2) is 30.3 Å². The van der Waals surface area contributed by atoms with Crippen LogP contribution in [0.3, 0.4) is 0 Å². The Morgan fingerprint density at radius 3 is 2.47 bits per heavy atom. The number of ether oxygens (including phenoxy) is 1. The van der Waals surface area contributed by atoms with Gasteiger partial charge in [0, 0.05) is 11.3 Å². The van der Waals surface area contributed by atoms with Gasteiger partial charge in [-0.05, 0) is 55.8 Å². The average Bonchev–Trinajstić information content (AvgIpc) is 2.29. The van der Waals surface area contributed by atoms with Crippen LogP contribution >= 0.6 is 11.6 Å². The molecule has 1 aromatic carbocycles. The highest BCUT2D eigenvalue weighted by Crippen LogP contribution is 2.22. The molecule has 1 aromatic heterocycles. The molecular weight excluding hydrogens is 236 g/mol. The fourth-order valence-corrected chi connectivity index (χ4v) is 1.79. The summed E-state index contributed by atoms with van der Waals surface area (Å²) >= 11 is 5.83. The maximum atomic E-state index is 5.83. The largest absolute Gasteiger partial charge is 0.494 e. The second kappa shape index (κ2) is 5.15. The van der Waals surface area contributed by atoms with Crippen LogP contribution in [0, 0.1) is 6.92 Å². The average molecular weight is 249 g/mol. The van der Waals surface area contributed by atoms with E-state index >= 15 is 0 Å². The van der Waals surface area contributed by atoms with Gasteiger partial charge in [-0.15, -0.1) is 0 Å². The number of benzene rings is 1. The molecule has 2 rings (SSSR count). The first-order chi connectivity index (χ1) is 8.19. The van der Waals surface area contributed by atoms with E-state index in [1.165, 1.54) is 0 Å². The van der Waals surface area contributed by atoms with Gasteiger partial charge >= 0.3 is 0 Å². The molecule has 0 saturated heterocycles. The predicted octanol–water partition coefficient (Wildman–Crippen LogP) is 3.50. The van der Waals surface area contributed by atoms with Crippen molar-refractivity contribution in [1.82, 2.24) is 9.97 Å². The summed E-state index contributed by atoms with van der Waals surface area (Å²) in [5, 5.41) is 0.272. The van der Waals surface area contributed by atoms with Gasteiger partial charge in [0.15, 0.2) is 0 Å². The topological polar surface area (TPSA) is 35.0 Å². The normalized spacial score (nSPS) is 10.3. The summed E-state index contributed by atoms with van der Waals surface area (Å²) in [7, 11) is 0. The van der Waals surface area contributed by atoms with E-state index in [2.05, 4.69) is 9.97 Å².